The molecule has 1 aromatic heterocycles. The first-order valence-electron chi connectivity index (χ1n) is 5.51. The number of carbonyl (C=O) groups is 1. The monoisotopic (exact) mass is 288 g/mol. The lowest BCUT2D eigenvalue weighted by Crippen LogP contribution is -2.37. The second kappa shape index (κ2) is 4.24. The first-order chi connectivity index (χ1) is 8.24. The quantitative estimate of drug-likeness (QED) is 0.660. The lowest BCUT2D eigenvalue weighted by atomic mass is 10.1. The third-order valence-corrected chi connectivity index (χ3v) is 4.13. The van der Waals surface area contributed by atoms with Gasteiger partial charge in [-0.2, -0.15) is 0 Å². The molecular formula is C11H14Cl2N4O. The zero-order chi connectivity index (χ0) is 13.6. The lowest BCUT2D eigenvalue weighted by Gasteiger charge is -2.13. The fourth-order valence-electron chi connectivity index (χ4n) is 1.68. The molecule has 1 unspecified atom stereocenters. The van der Waals surface area contributed by atoms with Gasteiger partial charge in [0.1, 0.15) is 4.33 Å². The van der Waals surface area contributed by atoms with Crippen LogP contribution in [0.1, 0.15) is 24.7 Å². The van der Waals surface area contributed by atoms with Gasteiger partial charge in [-0.15, -0.1) is 23.2 Å². The molecule has 1 fully saturated rings. The molecule has 0 bridgehead atoms. The highest BCUT2D eigenvalue weighted by atomic mass is 35.5. The Morgan fingerprint density at radius 2 is 1.83 bits per heavy atom. The molecule has 1 saturated carbocycles. The maximum absolute atomic E-state index is 11.9. The molecule has 7 heteroatoms. The number of halogens is 2. The molecule has 0 radical (unpaired) electrons. The van der Waals surface area contributed by atoms with E-state index < -0.39 is 9.75 Å². The Kier molecular flexibility index (Phi) is 3.15. The number of hydrogen-bond donors (Lipinski definition) is 2. The third-order valence-electron chi connectivity index (χ3n) is 3.03. The standard InChI is InChI=1S/C11H14Cl2N4O/c1-6-4-7(2)15-9(14-6)17-16-8(18)10(3)5-11(10,12)13/h4H,5H2,1-3H3,(H,16,18)(H,14,15,17). The van der Waals surface area contributed by atoms with E-state index in [0.717, 1.165) is 11.4 Å². The maximum Gasteiger partial charge on any atom is 0.247 e. The van der Waals surface area contributed by atoms with Crippen LogP contribution >= 0.6 is 23.2 Å². The summed E-state index contributed by atoms with van der Waals surface area (Å²) in [5.41, 5.74) is 6.08. The van der Waals surface area contributed by atoms with Crippen LogP contribution in [-0.2, 0) is 4.79 Å². The smallest absolute Gasteiger partial charge is 0.247 e. The van der Waals surface area contributed by atoms with Crippen molar-refractivity contribution in [3.8, 4) is 0 Å². The van der Waals surface area contributed by atoms with Crippen molar-refractivity contribution >= 4 is 35.1 Å². The lowest BCUT2D eigenvalue weighted by molar-refractivity contribution is -0.125. The summed E-state index contributed by atoms with van der Waals surface area (Å²) in [5, 5.41) is 0. The molecule has 1 amide bonds. The van der Waals surface area contributed by atoms with Crippen molar-refractivity contribution in [2.24, 2.45) is 5.41 Å². The molecule has 0 saturated heterocycles. The van der Waals surface area contributed by atoms with Crippen molar-refractivity contribution in [3.05, 3.63) is 17.5 Å². The van der Waals surface area contributed by atoms with Crippen LogP contribution in [0.25, 0.3) is 0 Å². The van der Waals surface area contributed by atoms with E-state index in [1.165, 1.54) is 0 Å². The van der Waals surface area contributed by atoms with Gasteiger partial charge in [-0.05, 0) is 33.3 Å². The van der Waals surface area contributed by atoms with Crippen molar-refractivity contribution in [2.45, 2.75) is 31.5 Å². The fraction of sp³-hybridized carbons (Fsp3) is 0.545. The van der Waals surface area contributed by atoms with Crippen molar-refractivity contribution in [2.75, 3.05) is 5.43 Å². The Hall–Kier alpha value is -1.07. The second-order valence-corrected chi connectivity index (χ2v) is 6.25. The van der Waals surface area contributed by atoms with Gasteiger partial charge < -0.3 is 0 Å². The van der Waals surface area contributed by atoms with E-state index >= 15 is 0 Å². The number of amides is 1. The average Bonchev–Trinajstić information content (AvgIpc) is 2.75. The summed E-state index contributed by atoms with van der Waals surface area (Å²) in [7, 11) is 0. The summed E-state index contributed by atoms with van der Waals surface area (Å²) in [5.74, 6) is 0.0788. The van der Waals surface area contributed by atoms with Gasteiger partial charge in [-0.3, -0.25) is 15.6 Å². The Bertz CT molecular complexity index is 486. The number of hydrogen-bond acceptors (Lipinski definition) is 4. The van der Waals surface area contributed by atoms with Crippen molar-refractivity contribution in [3.63, 3.8) is 0 Å². The summed E-state index contributed by atoms with van der Waals surface area (Å²) in [6.07, 6.45) is 0.435. The zero-order valence-corrected chi connectivity index (χ0v) is 11.9. The van der Waals surface area contributed by atoms with Crippen LogP contribution in [0.5, 0.6) is 0 Å². The number of aryl methyl sites for hydroxylation is 2. The van der Waals surface area contributed by atoms with Crippen LogP contribution in [-0.4, -0.2) is 20.2 Å². The number of anilines is 1. The number of rotatable bonds is 3. The van der Waals surface area contributed by atoms with Crippen LogP contribution in [0.4, 0.5) is 5.95 Å². The molecule has 2 rings (SSSR count). The molecule has 1 aliphatic rings. The Balaban J connectivity index is 1.98. The molecule has 2 N–H and O–H groups in total. The zero-order valence-electron chi connectivity index (χ0n) is 10.3. The van der Waals surface area contributed by atoms with Crippen LogP contribution in [0.2, 0.25) is 0 Å². The minimum absolute atomic E-state index is 0.268. The molecular weight excluding hydrogens is 275 g/mol. The van der Waals surface area contributed by atoms with Gasteiger partial charge in [0.15, 0.2) is 0 Å². The molecule has 1 aliphatic carbocycles. The summed E-state index contributed by atoms with van der Waals surface area (Å²) in [6.45, 7) is 5.42. The maximum atomic E-state index is 11.9. The highest BCUT2D eigenvalue weighted by Crippen LogP contribution is 2.63. The molecule has 5 nitrogen and oxygen atoms in total. The highest BCUT2D eigenvalue weighted by Gasteiger charge is 2.68. The van der Waals surface area contributed by atoms with E-state index in [4.69, 9.17) is 23.2 Å². The Morgan fingerprint density at radius 1 is 1.33 bits per heavy atom. The van der Waals surface area contributed by atoms with Gasteiger partial charge in [0, 0.05) is 11.4 Å². The van der Waals surface area contributed by atoms with E-state index in [2.05, 4.69) is 20.8 Å². The summed E-state index contributed by atoms with van der Waals surface area (Å²) >= 11 is 11.8. The van der Waals surface area contributed by atoms with Gasteiger partial charge in [0.05, 0.1) is 5.41 Å². The third kappa shape index (κ3) is 2.37. The van der Waals surface area contributed by atoms with Gasteiger partial charge in [-0.1, -0.05) is 0 Å². The van der Waals surface area contributed by atoms with E-state index in [1.807, 2.05) is 19.9 Å². The molecule has 0 aromatic carbocycles. The Morgan fingerprint density at radius 3 is 2.28 bits per heavy atom. The number of hydrazine groups is 1. The first kappa shape index (κ1) is 13.4. The molecule has 1 atom stereocenters. The summed E-state index contributed by atoms with van der Waals surface area (Å²) < 4.78 is -0.984. The van der Waals surface area contributed by atoms with E-state index in [9.17, 15) is 4.79 Å². The first-order valence-corrected chi connectivity index (χ1v) is 6.27. The van der Waals surface area contributed by atoms with Crippen molar-refractivity contribution < 1.29 is 4.79 Å². The van der Waals surface area contributed by atoms with Crippen LogP contribution in [0.3, 0.4) is 0 Å². The van der Waals surface area contributed by atoms with E-state index in [0.29, 0.717) is 12.4 Å². The predicted molar refractivity (Wildman–Crippen MR) is 70.4 cm³/mol. The van der Waals surface area contributed by atoms with Gasteiger partial charge in [0.2, 0.25) is 11.9 Å². The predicted octanol–water partition coefficient (Wildman–Crippen LogP) is 2.12. The van der Waals surface area contributed by atoms with Crippen LogP contribution in [0, 0.1) is 19.3 Å². The number of nitrogens with one attached hydrogen (secondary N) is 2. The largest absolute Gasteiger partial charge is 0.273 e. The topological polar surface area (TPSA) is 66.9 Å². The fourth-order valence-corrected chi connectivity index (χ4v) is 2.38. The van der Waals surface area contributed by atoms with Gasteiger partial charge in [-0.25, -0.2) is 9.97 Å². The van der Waals surface area contributed by atoms with Gasteiger partial charge >= 0.3 is 0 Å². The number of alkyl halides is 2. The average molecular weight is 289 g/mol. The van der Waals surface area contributed by atoms with Crippen molar-refractivity contribution in [1.29, 1.82) is 0 Å². The highest BCUT2D eigenvalue weighted by molar-refractivity contribution is 6.53. The van der Waals surface area contributed by atoms with Crippen LogP contribution in [0.15, 0.2) is 6.07 Å². The molecule has 1 heterocycles. The molecule has 1 aromatic rings. The number of aromatic nitrogens is 2. The minimum atomic E-state index is -0.984. The van der Waals surface area contributed by atoms with E-state index in [1.54, 1.807) is 6.92 Å². The van der Waals surface area contributed by atoms with Crippen LogP contribution < -0.4 is 10.9 Å². The second-order valence-electron chi connectivity index (χ2n) is 4.77. The molecule has 0 spiro atoms. The molecule has 98 valence electrons. The van der Waals surface area contributed by atoms with Gasteiger partial charge in [0.25, 0.3) is 0 Å². The Labute approximate surface area is 115 Å². The summed E-state index contributed by atoms with van der Waals surface area (Å²) in [6, 6.07) is 1.84. The number of carbonyl (C=O) groups excluding carboxylic acids is 1. The minimum Gasteiger partial charge on any atom is -0.273 e. The number of nitrogens with zero attached hydrogens (tertiary/aromatic N) is 2. The van der Waals surface area contributed by atoms with E-state index in [-0.39, 0.29) is 5.91 Å². The summed E-state index contributed by atoms with van der Waals surface area (Å²) in [4.78, 5) is 20.2. The molecule has 18 heavy (non-hydrogen) atoms. The molecule has 0 aliphatic heterocycles. The van der Waals surface area contributed by atoms with Crippen molar-refractivity contribution in [1.82, 2.24) is 15.4 Å². The normalized spacial score (nSPS) is 24.5. The SMILES string of the molecule is Cc1cc(C)nc(NNC(=O)C2(C)CC2(Cl)Cl)n1.